The first-order valence-corrected chi connectivity index (χ1v) is 4.58. The van der Waals surface area contributed by atoms with E-state index in [9.17, 15) is 4.79 Å². The normalized spacial score (nSPS) is 36.6. The number of primary amides is 1. The highest BCUT2D eigenvalue weighted by molar-refractivity contribution is 5.72. The Hall–Kier alpha value is -0.730. The molecular weight excluding hydrogens is 152 g/mol. The fourth-order valence-electron chi connectivity index (χ4n) is 2.01. The molecule has 2 amide bonds. The van der Waals surface area contributed by atoms with E-state index in [2.05, 4.69) is 20.8 Å². The van der Waals surface area contributed by atoms with Gasteiger partial charge in [-0.3, -0.25) is 0 Å². The first-order valence-electron chi connectivity index (χ1n) is 4.58. The van der Waals surface area contributed by atoms with Gasteiger partial charge in [-0.1, -0.05) is 13.8 Å². The van der Waals surface area contributed by atoms with E-state index in [1.165, 1.54) is 6.42 Å². The van der Waals surface area contributed by atoms with Crippen molar-refractivity contribution in [2.45, 2.75) is 33.2 Å². The van der Waals surface area contributed by atoms with E-state index in [1.807, 2.05) is 0 Å². The Bertz CT molecular complexity index is 181. The van der Waals surface area contributed by atoms with Crippen molar-refractivity contribution >= 4 is 6.03 Å². The number of nitrogens with zero attached hydrogens (tertiary/aromatic N) is 1. The van der Waals surface area contributed by atoms with Crippen LogP contribution in [0.25, 0.3) is 0 Å². The van der Waals surface area contributed by atoms with E-state index in [4.69, 9.17) is 5.73 Å². The number of hydrogen-bond acceptors (Lipinski definition) is 1. The molecular formula is C9H18N2O. The van der Waals surface area contributed by atoms with Crippen molar-refractivity contribution in [1.82, 2.24) is 4.90 Å². The number of carbonyl (C=O) groups excluding carboxylic acids is 1. The third-order valence-corrected chi connectivity index (χ3v) is 2.88. The Morgan fingerprint density at radius 3 is 2.50 bits per heavy atom. The summed E-state index contributed by atoms with van der Waals surface area (Å²) in [6, 6.07) is 0.0274. The molecule has 3 unspecified atom stereocenters. The zero-order valence-electron chi connectivity index (χ0n) is 8.08. The average Bonchev–Trinajstić information content (AvgIpc) is 1.96. The van der Waals surface area contributed by atoms with Crippen molar-refractivity contribution in [2.75, 3.05) is 6.54 Å². The molecule has 1 aliphatic heterocycles. The Morgan fingerprint density at radius 1 is 1.42 bits per heavy atom. The van der Waals surface area contributed by atoms with E-state index in [0.717, 1.165) is 6.54 Å². The number of carbonyl (C=O) groups is 1. The number of amides is 2. The van der Waals surface area contributed by atoms with E-state index < -0.39 is 0 Å². The molecule has 12 heavy (non-hydrogen) atoms. The minimum Gasteiger partial charge on any atom is -0.351 e. The Kier molecular flexibility index (Phi) is 2.60. The smallest absolute Gasteiger partial charge is 0.315 e. The summed E-state index contributed by atoms with van der Waals surface area (Å²) in [5, 5.41) is 0. The van der Waals surface area contributed by atoms with Gasteiger partial charge < -0.3 is 10.6 Å². The molecule has 0 aliphatic carbocycles. The molecule has 3 nitrogen and oxygen atoms in total. The van der Waals surface area contributed by atoms with E-state index in [-0.39, 0.29) is 6.03 Å². The third-order valence-electron chi connectivity index (χ3n) is 2.88. The van der Waals surface area contributed by atoms with Crippen molar-refractivity contribution in [2.24, 2.45) is 17.6 Å². The highest BCUT2D eigenvalue weighted by Crippen LogP contribution is 2.26. The average molecular weight is 170 g/mol. The van der Waals surface area contributed by atoms with Crippen LogP contribution in [0.5, 0.6) is 0 Å². The number of piperidine rings is 1. The van der Waals surface area contributed by atoms with Gasteiger partial charge in [0.1, 0.15) is 0 Å². The van der Waals surface area contributed by atoms with Gasteiger partial charge in [-0.05, 0) is 25.2 Å². The SMILES string of the molecule is CC1CC(C)C(C)N(C(N)=O)C1. The topological polar surface area (TPSA) is 46.3 Å². The van der Waals surface area contributed by atoms with Crippen LogP contribution in [0.2, 0.25) is 0 Å². The fraction of sp³-hybridized carbons (Fsp3) is 0.889. The van der Waals surface area contributed by atoms with Gasteiger partial charge in [0.05, 0.1) is 0 Å². The number of likely N-dealkylation sites (tertiary alicyclic amines) is 1. The number of urea groups is 1. The molecule has 1 rings (SSSR count). The molecule has 0 radical (unpaired) electrons. The van der Waals surface area contributed by atoms with Gasteiger partial charge in [-0.15, -0.1) is 0 Å². The summed E-state index contributed by atoms with van der Waals surface area (Å²) in [7, 11) is 0. The first kappa shape index (κ1) is 9.36. The third kappa shape index (κ3) is 1.71. The van der Waals surface area contributed by atoms with Gasteiger partial charge in [0.2, 0.25) is 0 Å². The molecule has 1 fully saturated rings. The summed E-state index contributed by atoms with van der Waals surface area (Å²) in [5.41, 5.74) is 5.27. The maximum atomic E-state index is 11.0. The molecule has 3 atom stereocenters. The van der Waals surface area contributed by atoms with Gasteiger partial charge >= 0.3 is 6.03 Å². The summed E-state index contributed by atoms with van der Waals surface area (Å²) in [6.45, 7) is 7.23. The van der Waals surface area contributed by atoms with E-state index in [0.29, 0.717) is 17.9 Å². The number of hydrogen-bond donors (Lipinski definition) is 1. The lowest BCUT2D eigenvalue weighted by atomic mass is 9.86. The Morgan fingerprint density at radius 2 is 2.00 bits per heavy atom. The second-order valence-corrected chi connectivity index (χ2v) is 4.05. The van der Waals surface area contributed by atoms with Crippen LogP contribution in [0.4, 0.5) is 4.79 Å². The van der Waals surface area contributed by atoms with Crippen molar-refractivity contribution < 1.29 is 4.79 Å². The van der Waals surface area contributed by atoms with E-state index in [1.54, 1.807) is 4.90 Å². The van der Waals surface area contributed by atoms with Gasteiger partial charge in [-0.25, -0.2) is 4.79 Å². The first-order chi connectivity index (χ1) is 5.52. The molecule has 0 saturated carbocycles. The van der Waals surface area contributed by atoms with Crippen molar-refractivity contribution in [3.8, 4) is 0 Å². The van der Waals surface area contributed by atoms with Gasteiger partial charge in [0, 0.05) is 12.6 Å². The van der Waals surface area contributed by atoms with Gasteiger partial charge in [0.25, 0.3) is 0 Å². The highest BCUT2D eigenvalue weighted by Gasteiger charge is 2.30. The predicted molar refractivity (Wildman–Crippen MR) is 48.7 cm³/mol. The summed E-state index contributed by atoms with van der Waals surface area (Å²) in [6.07, 6.45) is 1.20. The second kappa shape index (κ2) is 3.33. The summed E-state index contributed by atoms with van der Waals surface area (Å²) in [5.74, 6) is 1.16. The highest BCUT2D eigenvalue weighted by atomic mass is 16.2. The zero-order chi connectivity index (χ0) is 9.30. The maximum absolute atomic E-state index is 11.0. The minimum atomic E-state index is -0.277. The molecule has 0 aromatic carbocycles. The summed E-state index contributed by atoms with van der Waals surface area (Å²) in [4.78, 5) is 12.8. The Balaban J connectivity index is 2.66. The Labute approximate surface area is 73.9 Å². The van der Waals surface area contributed by atoms with Crippen LogP contribution < -0.4 is 5.73 Å². The van der Waals surface area contributed by atoms with Crippen LogP contribution in [0.1, 0.15) is 27.2 Å². The minimum absolute atomic E-state index is 0.277. The van der Waals surface area contributed by atoms with Crippen LogP contribution in [-0.4, -0.2) is 23.5 Å². The summed E-state index contributed by atoms with van der Waals surface area (Å²) < 4.78 is 0. The standard InChI is InChI=1S/C9H18N2O/c1-6-4-7(2)8(3)11(5-6)9(10)12/h6-8H,4-5H2,1-3H3,(H2,10,12). The number of nitrogens with two attached hydrogens (primary N) is 1. The molecule has 70 valence electrons. The zero-order valence-corrected chi connectivity index (χ0v) is 8.08. The van der Waals surface area contributed by atoms with Crippen molar-refractivity contribution in [3.63, 3.8) is 0 Å². The molecule has 0 aromatic rings. The molecule has 1 heterocycles. The molecule has 2 N–H and O–H groups in total. The van der Waals surface area contributed by atoms with Crippen molar-refractivity contribution in [1.29, 1.82) is 0 Å². The largest absolute Gasteiger partial charge is 0.351 e. The van der Waals surface area contributed by atoms with E-state index >= 15 is 0 Å². The lowest BCUT2D eigenvalue weighted by Crippen LogP contribution is -2.50. The molecule has 0 bridgehead atoms. The monoisotopic (exact) mass is 170 g/mol. The lowest BCUT2D eigenvalue weighted by Gasteiger charge is -2.39. The second-order valence-electron chi connectivity index (χ2n) is 4.05. The van der Waals surface area contributed by atoms with Gasteiger partial charge in [0.15, 0.2) is 0 Å². The van der Waals surface area contributed by atoms with Crippen LogP contribution in [0.15, 0.2) is 0 Å². The maximum Gasteiger partial charge on any atom is 0.315 e. The quantitative estimate of drug-likeness (QED) is 0.587. The fourth-order valence-corrected chi connectivity index (χ4v) is 2.01. The molecule has 1 saturated heterocycles. The van der Waals surface area contributed by atoms with Crippen LogP contribution in [-0.2, 0) is 0 Å². The molecule has 1 aliphatic rings. The predicted octanol–water partition coefficient (Wildman–Crippen LogP) is 1.43. The lowest BCUT2D eigenvalue weighted by molar-refractivity contribution is 0.107. The van der Waals surface area contributed by atoms with Gasteiger partial charge in [-0.2, -0.15) is 0 Å². The van der Waals surface area contributed by atoms with Crippen LogP contribution in [0, 0.1) is 11.8 Å². The molecule has 0 aromatic heterocycles. The molecule has 3 heteroatoms. The van der Waals surface area contributed by atoms with Crippen LogP contribution >= 0.6 is 0 Å². The van der Waals surface area contributed by atoms with Crippen molar-refractivity contribution in [3.05, 3.63) is 0 Å². The number of rotatable bonds is 0. The molecule has 0 spiro atoms. The summed E-state index contributed by atoms with van der Waals surface area (Å²) >= 11 is 0. The van der Waals surface area contributed by atoms with Crippen LogP contribution in [0.3, 0.4) is 0 Å².